The molecule has 2 rings (SSSR count). The zero-order valence-corrected chi connectivity index (χ0v) is 13.5. The van der Waals surface area contributed by atoms with E-state index in [1.165, 1.54) is 5.56 Å². The summed E-state index contributed by atoms with van der Waals surface area (Å²) >= 11 is 3.44. The summed E-state index contributed by atoms with van der Waals surface area (Å²) in [5.41, 5.74) is 4.14. The van der Waals surface area contributed by atoms with Crippen LogP contribution in [0.25, 0.3) is 0 Å². The predicted molar refractivity (Wildman–Crippen MR) is 84.6 cm³/mol. The molecule has 0 atom stereocenters. The smallest absolute Gasteiger partial charge is 0.200 e. The molecule has 2 aromatic rings. The highest BCUT2D eigenvalue weighted by atomic mass is 79.9. The number of ketones is 1. The number of benzene rings is 2. The maximum Gasteiger partial charge on any atom is 0.200 e. The van der Waals surface area contributed by atoms with E-state index in [0.29, 0.717) is 11.3 Å². The van der Waals surface area contributed by atoms with E-state index in [2.05, 4.69) is 15.9 Å². The Kier molecular flexibility index (Phi) is 4.61. The molecule has 0 aliphatic rings. The number of hydrogen-bond donors (Lipinski definition) is 0. The highest BCUT2D eigenvalue weighted by Gasteiger charge is 2.09. The zero-order valence-electron chi connectivity index (χ0n) is 11.9. The molecule has 0 bridgehead atoms. The van der Waals surface area contributed by atoms with Crippen molar-refractivity contribution in [3.8, 4) is 5.75 Å². The fourth-order valence-electron chi connectivity index (χ4n) is 1.86. The predicted octanol–water partition coefficient (Wildman–Crippen LogP) is 4.64. The van der Waals surface area contributed by atoms with Gasteiger partial charge in [0.1, 0.15) is 5.75 Å². The Balaban J connectivity index is 2.06. The number of Topliss-reactive ketones (excluding diaryl/α,β-unsaturated/α-hetero) is 1. The van der Waals surface area contributed by atoms with Gasteiger partial charge < -0.3 is 4.74 Å². The van der Waals surface area contributed by atoms with Gasteiger partial charge in [0, 0.05) is 5.56 Å². The molecule has 3 heteroatoms. The molecule has 0 fully saturated rings. The Bertz CT molecular complexity index is 647. The highest BCUT2D eigenvalue weighted by molar-refractivity contribution is 9.10. The quantitative estimate of drug-likeness (QED) is 0.762. The van der Waals surface area contributed by atoms with Gasteiger partial charge in [-0.05, 0) is 71.6 Å². The van der Waals surface area contributed by atoms with Crippen LogP contribution in [0.1, 0.15) is 27.0 Å². The van der Waals surface area contributed by atoms with Gasteiger partial charge >= 0.3 is 0 Å². The lowest BCUT2D eigenvalue weighted by Gasteiger charge is -2.09. The third-order valence-electron chi connectivity index (χ3n) is 3.28. The van der Waals surface area contributed by atoms with Crippen molar-refractivity contribution in [2.45, 2.75) is 20.8 Å². The molecule has 0 spiro atoms. The second-order valence-electron chi connectivity index (χ2n) is 4.94. The summed E-state index contributed by atoms with van der Waals surface area (Å²) in [4.78, 5) is 12.1. The Labute approximate surface area is 127 Å². The minimum Gasteiger partial charge on any atom is -0.484 e. The third-order valence-corrected chi connectivity index (χ3v) is 3.89. The van der Waals surface area contributed by atoms with Crippen LogP contribution in [0.5, 0.6) is 5.75 Å². The van der Waals surface area contributed by atoms with Gasteiger partial charge in [-0.2, -0.15) is 0 Å². The van der Waals surface area contributed by atoms with Gasteiger partial charge in [0.25, 0.3) is 0 Å². The topological polar surface area (TPSA) is 26.3 Å². The summed E-state index contributed by atoms with van der Waals surface area (Å²) in [6.45, 7) is 6.09. The molecule has 0 aromatic heterocycles. The van der Waals surface area contributed by atoms with Gasteiger partial charge in [-0.3, -0.25) is 4.79 Å². The molecule has 0 heterocycles. The van der Waals surface area contributed by atoms with E-state index in [0.717, 1.165) is 15.6 Å². The molecule has 0 N–H and O–H groups in total. The third kappa shape index (κ3) is 3.48. The lowest BCUT2D eigenvalue weighted by Crippen LogP contribution is -2.12. The van der Waals surface area contributed by atoms with E-state index < -0.39 is 0 Å². The Morgan fingerprint density at radius 1 is 1.05 bits per heavy atom. The van der Waals surface area contributed by atoms with Crippen LogP contribution in [0.4, 0.5) is 0 Å². The number of ether oxygens (including phenoxy) is 1. The van der Waals surface area contributed by atoms with Crippen LogP contribution in [-0.4, -0.2) is 12.4 Å². The van der Waals surface area contributed by atoms with Gasteiger partial charge in [0.05, 0.1) is 4.47 Å². The summed E-state index contributed by atoms with van der Waals surface area (Å²) in [5, 5.41) is 0. The van der Waals surface area contributed by atoms with Crippen molar-refractivity contribution in [1.82, 2.24) is 0 Å². The van der Waals surface area contributed by atoms with Crippen molar-refractivity contribution in [2.24, 2.45) is 0 Å². The first-order valence-electron chi connectivity index (χ1n) is 6.47. The fraction of sp³-hybridized carbons (Fsp3) is 0.235. The average Bonchev–Trinajstić information content (AvgIpc) is 2.40. The number of rotatable bonds is 4. The maximum atomic E-state index is 12.1. The molecule has 20 heavy (non-hydrogen) atoms. The molecule has 2 nitrogen and oxygen atoms in total. The molecule has 0 aliphatic carbocycles. The van der Waals surface area contributed by atoms with Crippen LogP contribution in [0.2, 0.25) is 0 Å². The monoisotopic (exact) mass is 332 g/mol. The Hall–Kier alpha value is -1.61. The number of aryl methyl sites for hydroxylation is 3. The lowest BCUT2D eigenvalue weighted by atomic mass is 10.0. The molecule has 0 amide bonds. The van der Waals surface area contributed by atoms with Gasteiger partial charge in [0.15, 0.2) is 12.4 Å². The maximum absolute atomic E-state index is 12.1. The van der Waals surface area contributed by atoms with E-state index >= 15 is 0 Å². The number of hydrogen-bond acceptors (Lipinski definition) is 2. The summed E-state index contributed by atoms with van der Waals surface area (Å²) < 4.78 is 6.45. The van der Waals surface area contributed by atoms with E-state index in [1.54, 1.807) is 0 Å². The van der Waals surface area contributed by atoms with Crippen LogP contribution in [0.15, 0.2) is 40.9 Å². The van der Waals surface area contributed by atoms with E-state index in [4.69, 9.17) is 4.74 Å². The van der Waals surface area contributed by atoms with Crippen molar-refractivity contribution in [2.75, 3.05) is 6.61 Å². The highest BCUT2D eigenvalue weighted by Crippen LogP contribution is 2.25. The van der Waals surface area contributed by atoms with E-state index in [9.17, 15) is 4.79 Å². The van der Waals surface area contributed by atoms with Crippen LogP contribution >= 0.6 is 15.9 Å². The van der Waals surface area contributed by atoms with Crippen molar-refractivity contribution in [3.63, 3.8) is 0 Å². The number of carbonyl (C=O) groups is 1. The van der Waals surface area contributed by atoms with Crippen molar-refractivity contribution >= 4 is 21.7 Å². The van der Waals surface area contributed by atoms with E-state index in [-0.39, 0.29) is 12.4 Å². The van der Waals surface area contributed by atoms with Crippen molar-refractivity contribution in [3.05, 3.63) is 63.1 Å². The zero-order chi connectivity index (χ0) is 14.7. The summed E-state index contributed by atoms with van der Waals surface area (Å²) in [6, 6.07) is 11.5. The second kappa shape index (κ2) is 6.23. The molecule has 0 aliphatic heterocycles. The van der Waals surface area contributed by atoms with Gasteiger partial charge in [0.2, 0.25) is 0 Å². The SMILES string of the molecule is Cc1ccc(OCC(=O)c2ccc(C)c(C)c2)c(Br)c1. The minimum atomic E-state index is -0.0134. The van der Waals surface area contributed by atoms with Gasteiger partial charge in [-0.1, -0.05) is 18.2 Å². The molecular formula is C17H17BrO2. The molecule has 2 aromatic carbocycles. The summed E-state index contributed by atoms with van der Waals surface area (Å²) in [7, 11) is 0. The molecule has 0 radical (unpaired) electrons. The summed E-state index contributed by atoms with van der Waals surface area (Å²) in [6.07, 6.45) is 0. The first-order valence-corrected chi connectivity index (χ1v) is 7.26. The molecule has 0 saturated carbocycles. The summed E-state index contributed by atoms with van der Waals surface area (Å²) in [5.74, 6) is 0.674. The first-order chi connectivity index (χ1) is 9.47. The van der Waals surface area contributed by atoms with Crippen LogP contribution in [0.3, 0.4) is 0 Å². The Morgan fingerprint density at radius 2 is 1.80 bits per heavy atom. The molecule has 0 unspecified atom stereocenters. The number of halogens is 1. The second-order valence-corrected chi connectivity index (χ2v) is 5.80. The number of carbonyl (C=O) groups excluding carboxylic acids is 1. The van der Waals surface area contributed by atoms with Gasteiger partial charge in [-0.25, -0.2) is 0 Å². The van der Waals surface area contributed by atoms with Crippen LogP contribution < -0.4 is 4.74 Å². The average molecular weight is 333 g/mol. The fourth-order valence-corrected chi connectivity index (χ4v) is 2.47. The van der Waals surface area contributed by atoms with Crippen molar-refractivity contribution < 1.29 is 9.53 Å². The van der Waals surface area contributed by atoms with Crippen LogP contribution in [-0.2, 0) is 0 Å². The van der Waals surface area contributed by atoms with E-state index in [1.807, 2.05) is 57.2 Å². The molecule has 104 valence electrons. The molecular weight excluding hydrogens is 316 g/mol. The minimum absolute atomic E-state index is 0.0134. The molecule has 0 saturated heterocycles. The normalized spacial score (nSPS) is 10.4. The van der Waals surface area contributed by atoms with Crippen LogP contribution in [0, 0.1) is 20.8 Å². The Morgan fingerprint density at radius 3 is 2.45 bits per heavy atom. The van der Waals surface area contributed by atoms with Crippen molar-refractivity contribution in [1.29, 1.82) is 0 Å². The standard InChI is InChI=1S/C17H17BrO2/c1-11-4-7-17(15(18)8-11)20-10-16(19)14-6-5-12(2)13(3)9-14/h4-9H,10H2,1-3H3. The lowest BCUT2D eigenvalue weighted by molar-refractivity contribution is 0.0921. The van der Waals surface area contributed by atoms with Gasteiger partial charge in [-0.15, -0.1) is 0 Å². The first kappa shape index (κ1) is 14.8. The largest absolute Gasteiger partial charge is 0.484 e.